The number of carbonyl (C=O) groups is 2. The van der Waals surface area contributed by atoms with E-state index in [0.29, 0.717) is 6.42 Å². The van der Waals surface area contributed by atoms with Crippen LogP contribution in [0.25, 0.3) is 0 Å². The third-order valence-corrected chi connectivity index (χ3v) is 4.71. The van der Waals surface area contributed by atoms with Gasteiger partial charge >= 0.3 is 6.09 Å². The summed E-state index contributed by atoms with van der Waals surface area (Å²) in [5, 5.41) is 9.53. The molecule has 21 heavy (non-hydrogen) atoms. The molecule has 2 amide bonds. The summed E-state index contributed by atoms with van der Waals surface area (Å²) >= 11 is 0. The molecule has 1 aliphatic carbocycles. The molecule has 2 aliphatic rings. The molecule has 0 aromatic heterocycles. The maximum Gasteiger partial charge on any atom is 0.407 e. The number of hydrogen-bond acceptors (Lipinski definition) is 2. The van der Waals surface area contributed by atoms with Crippen molar-refractivity contribution >= 4 is 12.0 Å². The molecular weight excluding hydrogens is 268 g/mol. The van der Waals surface area contributed by atoms with Crippen LogP contribution in [0.15, 0.2) is 0 Å². The molecule has 5 nitrogen and oxygen atoms in total. The lowest BCUT2D eigenvalue weighted by atomic mass is 9.82. The van der Waals surface area contributed by atoms with Gasteiger partial charge < -0.3 is 14.9 Å². The van der Waals surface area contributed by atoms with Gasteiger partial charge in [0.25, 0.3) is 0 Å². The monoisotopic (exact) mass is 296 g/mol. The van der Waals surface area contributed by atoms with E-state index >= 15 is 0 Å². The second-order valence-electron chi connectivity index (χ2n) is 7.37. The van der Waals surface area contributed by atoms with Gasteiger partial charge in [-0.05, 0) is 52.9 Å². The summed E-state index contributed by atoms with van der Waals surface area (Å²) in [6, 6.07) is -0.0344. The zero-order valence-corrected chi connectivity index (χ0v) is 13.5. The van der Waals surface area contributed by atoms with Crippen molar-refractivity contribution < 1.29 is 14.7 Å². The van der Waals surface area contributed by atoms with Crippen LogP contribution in [0.3, 0.4) is 0 Å². The van der Waals surface area contributed by atoms with Crippen LogP contribution in [0.4, 0.5) is 4.79 Å². The third-order valence-electron chi connectivity index (χ3n) is 4.71. The average Bonchev–Trinajstić information content (AvgIpc) is 2.89. The smallest absolute Gasteiger partial charge is 0.407 e. The second kappa shape index (κ2) is 6.24. The number of nitrogens with zero attached hydrogens (tertiary/aromatic N) is 2. The fourth-order valence-corrected chi connectivity index (χ4v) is 3.81. The molecule has 120 valence electrons. The number of amides is 2. The van der Waals surface area contributed by atoms with Crippen molar-refractivity contribution in [2.45, 2.75) is 70.9 Å². The van der Waals surface area contributed by atoms with Gasteiger partial charge in [-0.1, -0.05) is 6.42 Å². The van der Waals surface area contributed by atoms with E-state index in [2.05, 4.69) is 0 Å². The minimum absolute atomic E-state index is 0.00560. The molecule has 0 spiro atoms. The fraction of sp³-hybridized carbons (Fsp3) is 0.875. The first-order chi connectivity index (χ1) is 9.80. The quantitative estimate of drug-likeness (QED) is 0.852. The highest BCUT2D eigenvalue weighted by atomic mass is 16.4. The van der Waals surface area contributed by atoms with Gasteiger partial charge in [-0.3, -0.25) is 4.79 Å². The summed E-state index contributed by atoms with van der Waals surface area (Å²) in [6.07, 6.45) is 4.72. The predicted octanol–water partition coefficient (Wildman–Crippen LogP) is 2.95. The van der Waals surface area contributed by atoms with Gasteiger partial charge in [-0.15, -0.1) is 0 Å². The van der Waals surface area contributed by atoms with Crippen molar-refractivity contribution in [1.82, 2.24) is 9.80 Å². The van der Waals surface area contributed by atoms with Gasteiger partial charge in [0, 0.05) is 30.6 Å². The Morgan fingerprint density at radius 1 is 1.10 bits per heavy atom. The van der Waals surface area contributed by atoms with Crippen molar-refractivity contribution in [2.75, 3.05) is 13.1 Å². The lowest BCUT2D eigenvalue weighted by molar-refractivity contribution is -0.136. The Labute approximate surface area is 127 Å². The maximum atomic E-state index is 12.5. The van der Waals surface area contributed by atoms with Gasteiger partial charge in [0.2, 0.25) is 5.91 Å². The number of rotatable bonds is 2. The summed E-state index contributed by atoms with van der Waals surface area (Å²) in [5.74, 6) is 0.252. The van der Waals surface area contributed by atoms with E-state index in [1.807, 2.05) is 25.7 Å². The number of likely N-dealkylation sites (tertiary alicyclic amines) is 1. The average molecular weight is 296 g/mol. The molecule has 2 rings (SSSR count). The predicted molar refractivity (Wildman–Crippen MR) is 81.2 cm³/mol. The van der Waals surface area contributed by atoms with Crippen molar-refractivity contribution in [2.24, 2.45) is 5.92 Å². The van der Waals surface area contributed by atoms with Gasteiger partial charge in [-0.2, -0.15) is 0 Å². The van der Waals surface area contributed by atoms with Crippen LogP contribution in [-0.4, -0.2) is 51.6 Å². The lowest BCUT2D eigenvalue weighted by Crippen LogP contribution is -2.53. The molecule has 2 atom stereocenters. The molecule has 5 heteroatoms. The van der Waals surface area contributed by atoms with Crippen molar-refractivity contribution in [1.29, 1.82) is 0 Å². The molecule has 0 aromatic carbocycles. The van der Waals surface area contributed by atoms with Crippen LogP contribution in [-0.2, 0) is 4.79 Å². The number of carbonyl (C=O) groups excluding carboxylic acids is 1. The van der Waals surface area contributed by atoms with Crippen LogP contribution in [0.1, 0.15) is 59.3 Å². The van der Waals surface area contributed by atoms with Crippen LogP contribution in [0.2, 0.25) is 0 Å². The van der Waals surface area contributed by atoms with E-state index in [9.17, 15) is 14.7 Å². The van der Waals surface area contributed by atoms with E-state index in [1.165, 1.54) is 0 Å². The highest BCUT2D eigenvalue weighted by Gasteiger charge is 2.39. The van der Waals surface area contributed by atoms with Gasteiger partial charge in [0.1, 0.15) is 0 Å². The molecule has 1 heterocycles. The Hall–Kier alpha value is -1.26. The molecule has 2 unspecified atom stereocenters. The SMILES string of the molecule is CC(C)(C)N(C(=O)O)C1CCCC(C(=O)N2CCCC2)C1. The molecular formula is C16H28N2O3. The summed E-state index contributed by atoms with van der Waals surface area (Å²) in [6.45, 7) is 7.52. The zero-order valence-electron chi connectivity index (χ0n) is 13.5. The Balaban J connectivity index is 2.05. The highest BCUT2D eigenvalue weighted by Crippen LogP contribution is 2.33. The third kappa shape index (κ3) is 3.69. The van der Waals surface area contributed by atoms with Crippen LogP contribution < -0.4 is 0 Å². The summed E-state index contributed by atoms with van der Waals surface area (Å²) in [7, 11) is 0. The lowest BCUT2D eigenvalue weighted by Gasteiger charge is -2.43. The number of carboxylic acid groups (broad SMARTS) is 1. The maximum absolute atomic E-state index is 12.5. The largest absolute Gasteiger partial charge is 0.465 e. The first-order valence-corrected chi connectivity index (χ1v) is 8.11. The second-order valence-corrected chi connectivity index (χ2v) is 7.37. The van der Waals surface area contributed by atoms with E-state index in [0.717, 1.165) is 45.2 Å². The van der Waals surface area contributed by atoms with E-state index < -0.39 is 11.6 Å². The molecule has 1 saturated carbocycles. The van der Waals surface area contributed by atoms with E-state index in [1.54, 1.807) is 4.90 Å². The highest BCUT2D eigenvalue weighted by molar-refractivity contribution is 5.79. The Kier molecular flexibility index (Phi) is 4.79. The van der Waals surface area contributed by atoms with Crippen molar-refractivity contribution in [3.63, 3.8) is 0 Å². The minimum atomic E-state index is -0.873. The summed E-state index contributed by atoms with van der Waals surface area (Å²) in [5.41, 5.74) is -0.422. The molecule has 0 radical (unpaired) electrons. The topological polar surface area (TPSA) is 60.9 Å². The van der Waals surface area contributed by atoms with Crippen molar-refractivity contribution in [3.05, 3.63) is 0 Å². The number of hydrogen-bond donors (Lipinski definition) is 1. The molecule has 1 aliphatic heterocycles. The molecule has 2 fully saturated rings. The Bertz CT molecular complexity index is 397. The standard InChI is InChI=1S/C16H28N2O3/c1-16(2,3)18(15(20)21)13-8-6-7-12(11-13)14(19)17-9-4-5-10-17/h12-13H,4-11H2,1-3H3,(H,20,21). The first-order valence-electron chi connectivity index (χ1n) is 8.11. The van der Waals surface area contributed by atoms with Gasteiger partial charge in [0.15, 0.2) is 0 Å². The summed E-state index contributed by atoms with van der Waals surface area (Å²) in [4.78, 5) is 27.7. The van der Waals surface area contributed by atoms with Crippen LogP contribution in [0.5, 0.6) is 0 Å². The van der Waals surface area contributed by atoms with Gasteiger partial charge in [-0.25, -0.2) is 4.79 Å². The molecule has 1 saturated heterocycles. The summed E-state index contributed by atoms with van der Waals surface area (Å²) < 4.78 is 0. The minimum Gasteiger partial charge on any atom is -0.465 e. The van der Waals surface area contributed by atoms with Crippen molar-refractivity contribution in [3.8, 4) is 0 Å². The molecule has 0 aromatic rings. The van der Waals surface area contributed by atoms with Crippen LogP contribution in [0, 0.1) is 5.92 Å². The normalized spacial score (nSPS) is 26.7. The first kappa shape index (κ1) is 16.1. The Morgan fingerprint density at radius 2 is 1.71 bits per heavy atom. The van der Waals surface area contributed by atoms with Gasteiger partial charge in [0.05, 0.1) is 0 Å². The molecule has 0 bridgehead atoms. The molecule has 1 N–H and O–H groups in total. The Morgan fingerprint density at radius 3 is 2.24 bits per heavy atom. The fourth-order valence-electron chi connectivity index (χ4n) is 3.81. The van der Waals surface area contributed by atoms with E-state index in [-0.39, 0.29) is 17.9 Å². The zero-order chi connectivity index (χ0) is 15.6. The van der Waals surface area contributed by atoms with Crippen LogP contribution >= 0.6 is 0 Å². The van der Waals surface area contributed by atoms with E-state index in [4.69, 9.17) is 0 Å².